The van der Waals surface area contributed by atoms with Crippen molar-refractivity contribution in [2.45, 2.75) is 60.8 Å². The molecule has 258 valence electrons. The zero-order valence-corrected chi connectivity index (χ0v) is 31.2. The molecule has 3 heterocycles. The van der Waals surface area contributed by atoms with E-state index >= 15 is 0 Å². The van der Waals surface area contributed by atoms with Crippen LogP contribution in [0.5, 0.6) is 11.5 Å². The van der Waals surface area contributed by atoms with Gasteiger partial charge in [-0.25, -0.2) is 9.97 Å². The van der Waals surface area contributed by atoms with E-state index in [9.17, 15) is 0 Å². The SMILES string of the molecule is Cc1cc(C)c(-c2ccnc(-n3c4ccccc4c4ccc(Oc5cc(-c6nccn6-c6c(C)cccc6C)cc(C(C)(C)C)c5)cc43)c2)c(C)c1. The van der Waals surface area contributed by atoms with Crippen LogP contribution in [0.25, 0.3) is 55.8 Å². The lowest BCUT2D eigenvalue weighted by molar-refractivity contribution is 0.479. The molecule has 0 aliphatic carbocycles. The van der Waals surface area contributed by atoms with Gasteiger partial charge in [0, 0.05) is 41.0 Å². The summed E-state index contributed by atoms with van der Waals surface area (Å²) in [6, 6.07) is 36.7. The van der Waals surface area contributed by atoms with Crippen LogP contribution in [0, 0.1) is 34.6 Å². The fraction of sp³-hybridized carbons (Fsp3) is 0.191. The summed E-state index contributed by atoms with van der Waals surface area (Å²) in [6.45, 7) is 17.5. The third-order valence-corrected chi connectivity index (χ3v) is 10.2. The van der Waals surface area contributed by atoms with E-state index in [1.54, 1.807) is 0 Å². The third kappa shape index (κ3) is 5.86. The number of aromatic nitrogens is 4. The molecule has 3 aromatic heterocycles. The van der Waals surface area contributed by atoms with E-state index in [1.165, 1.54) is 44.3 Å². The van der Waals surface area contributed by atoms with Crippen molar-refractivity contribution in [1.82, 2.24) is 19.1 Å². The maximum Gasteiger partial charge on any atom is 0.144 e. The molecule has 0 saturated heterocycles. The van der Waals surface area contributed by atoms with Crippen LogP contribution in [0.3, 0.4) is 0 Å². The molecule has 0 spiro atoms. The van der Waals surface area contributed by atoms with Gasteiger partial charge in [-0.2, -0.15) is 0 Å². The molecule has 0 saturated carbocycles. The molecule has 0 aliphatic rings. The van der Waals surface area contributed by atoms with Crippen molar-refractivity contribution in [2.24, 2.45) is 0 Å². The van der Waals surface area contributed by atoms with Gasteiger partial charge >= 0.3 is 0 Å². The van der Waals surface area contributed by atoms with Crippen LogP contribution in [0.2, 0.25) is 0 Å². The van der Waals surface area contributed by atoms with Crippen LogP contribution in [-0.4, -0.2) is 19.1 Å². The molecule has 8 aromatic rings. The van der Waals surface area contributed by atoms with Gasteiger partial charge in [-0.1, -0.05) is 74.9 Å². The lowest BCUT2D eigenvalue weighted by atomic mass is 9.86. The first kappa shape index (κ1) is 33.2. The Morgan fingerprint density at radius 1 is 0.577 bits per heavy atom. The second-order valence-electron chi connectivity index (χ2n) is 15.2. The number of benzene rings is 5. The molecule has 0 N–H and O–H groups in total. The Morgan fingerprint density at radius 3 is 2.06 bits per heavy atom. The van der Waals surface area contributed by atoms with Gasteiger partial charge in [0.15, 0.2) is 0 Å². The molecule has 0 atom stereocenters. The fourth-order valence-corrected chi connectivity index (χ4v) is 7.83. The van der Waals surface area contributed by atoms with Gasteiger partial charge in [-0.15, -0.1) is 0 Å². The Balaban J connectivity index is 1.25. The minimum atomic E-state index is -0.106. The van der Waals surface area contributed by atoms with Crippen molar-refractivity contribution in [3.05, 3.63) is 155 Å². The lowest BCUT2D eigenvalue weighted by Crippen LogP contribution is -2.11. The Hall–Kier alpha value is -5.94. The molecule has 52 heavy (non-hydrogen) atoms. The topological polar surface area (TPSA) is 44.9 Å². The minimum absolute atomic E-state index is 0.106. The first-order valence-corrected chi connectivity index (χ1v) is 18.0. The predicted molar refractivity (Wildman–Crippen MR) is 215 cm³/mol. The molecule has 0 fully saturated rings. The summed E-state index contributed by atoms with van der Waals surface area (Å²) in [6.07, 6.45) is 5.85. The number of rotatable bonds is 6. The van der Waals surface area contributed by atoms with Gasteiger partial charge in [-0.3, -0.25) is 9.13 Å². The maximum absolute atomic E-state index is 6.81. The van der Waals surface area contributed by atoms with Gasteiger partial charge < -0.3 is 4.74 Å². The highest BCUT2D eigenvalue weighted by molar-refractivity contribution is 6.09. The Labute approximate surface area is 306 Å². The van der Waals surface area contributed by atoms with Crippen molar-refractivity contribution < 1.29 is 4.74 Å². The van der Waals surface area contributed by atoms with E-state index in [4.69, 9.17) is 14.7 Å². The summed E-state index contributed by atoms with van der Waals surface area (Å²) in [5.41, 5.74) is 14.0. The lowest BCUT2D eigenvalue weighted by Gasteiger charge is -2.22. The standard InChI is InChI=1S/C47H44N4O/c1-29-22-32(4)44(33(5)23-29)34-18-19-48-43(26-34)51-41-15-10-9-14-39(41)40-17-16-37(28-42(40)51)52-38-25-35(24-36(27-38)47(6,7)8)46-49-20-21-50(46)45-30(2)12-11-13-31(45)3/h9-28H,1-8H3. The van der Waals surface area contributed by atoms with E-state index in [-0.39, 0.29) is 5.41 Å². The van der Waals surface area contributed by atoms with E-state index in [0.29, 0.717) is 0 Å². The zero-order valence-electron chi connectivity index (χ0n) is 31.2. The van der Waals surface area contributed by atoms with E-state index < -0.39 is 0 Å². The van der Waals surface area contributed by atoms with Gasteiger partial charge in [0.2, 0.25) is 0 Å². The highest BCUT2D eigenvalue weighted by Gasteiger charge is 2.21. The Kier molecular flexibility index (Phi) is 8.10. The largest absolute Gasteiger partial charge is 0.457 e. The predicted octanol–water partition coefficient (Wildman–Crippen LogP) is 12.3. The zero-order chi connectivity index (χ0) is 36.3. The molecule has 0 unspecified atom stereocenters. The van der Waals surface area contributed by atoms with Crippen LogP contribution in [0.1, 0.15) is 54.2 Å². The number of hydrogen-bond donors (Lipinski definition) is 0. The van der Waals surface area contributed by atoms with Crippen LogP contribution >= 0.6 is 0 Å². The fourth-order valence-electron chi connectivity index (χ4n) is 7.83. The number of nitrogens with zero attached hydrogens (tertiary/aromatic N) is 4. The summed E-state index contributed by atoms with van der Waals surface area (Å²) in [5.74, 6) is 3.28. The van der Waals surface area contributed by atoms with Crippen molar-refractivity contribution in [3.8, 4) is 45.5 Å². The molecule has 0 bridgehead atoms. The average molecular weight is 681 g/mol. The molecule has 8 rings (SSSR count). The van der Waals surface area contributed by atoms with Crippen molar-refractivity contribution in [3.63, 3.8) is 0 Å². The molecule has 5 heteroatoms. The number of para-hydroxylation sites is 2. The van der Waals surface area contributed by atoms with Crippen LogP contribution in [0.4, 0.5) is 0 Å². The van der Waals surface area contributed by atoms with Gasteiger partial charge in [0.25, 0.3) is 0 Å². The number of ether oxygens (including phenoxy) is 1. The van der Waals surface area contributed by atoms with Crippen LogP contribution in [0.15, 0.2) is 122 Å². The van der Waals surface area contributed by atoms with Crippen molar-refractivity contribution in [1.29, 1.82) is 0 Å². The van der Waals surface area contributed by atoms with E-state index in [0.717, 1.165) is 56.4 Å². The van der Waals surface area contributed by atoms with Gasteiger partial charge in [0.1, 0.15) is 23.1 Å². The molecule has 5 nitrogen and oxygen atoms in total. The number of fused-ring (bicyclic) bond motifs is 3. The Bertz CT molecular complexity index is 2610. The molecule has 0 aliphatic heterocycles. The highest BCUT2D eigenvalue weighted by atomic mass is 16.5. The molecule has 5 aromatic carbocycles. The summed E-state index contributed by atoms with van der Waals surface area (Å²) in [5, 5.41) is 2.33. The monoisotopic (exact) mass is 680 g/mol. The van der Waals surface area contributed by atoms with Crippen molar-refractivity contribution >= 4 is 21.8 Å². The maximum atomic E-state index is 6.81. The second kappa shape index (κ2) is 12.7. The molecular weight excluding hydrogens is 637 g/mol. The number of aryl methyl sites for hydroxylation is 5. The average Bonchev–Trinajstić information content (AvgIpc) is 3.70. The van der Waals surface area contributed by atoms with Crippen LogP contribution < -0.4 is 4.74 Å². The highest BCUT2D eigenvalue weighted by Crippen LogP contribution is 2.39. The number of hydrogen-bond acceptors (Lipinski definition) is 3. The Morgan fingerprint density at radius 2 is 1.31 bits per heavy atom. The number of imidazole rings is 1. The molecule has 0 amide bonds. The smallest absolute Gasteiger partial charge is 0.144 e. The summed E-state index contributed by atoms with van der Waals surface area (Å²) >= 11 is 0. The normalized spacial score (nSPS) is 11.8. The van der Waals surface area contributed by atoms with E-state index in [2.05, 4.69) is 168 Å². The quantitative estimate of drug-likeness (QED) is 0.176. The second-order valence-corrected chi connectivity index (χ2v) is 15.2. The van der Waals surface area contributed by atoms with Crippen LogP contribution in [-0.2, 0) is 5.41 Å². The minimum Gasteiger partial charge on any atom is -0.457 e. The van der Waals surface area contributed by atoms with Crippen molar-refractivity contribution in [2.75, 3.05) is 0 Å². The first-order valence-electron chi connectivity index (χ1n) is 18.0. The van der Waals surface area contributed by atoms with E-state index in [1.807, 2.05) is 18.6 Å². The summed E-state index contributed by atoms with van der Waals surface area (Å²) < 4.78 is 11.3. The molecule has 0 radical (unpaired) electrons. The van der Waals surface area contributed by atoms with Gasteiger partial charge in [-0.05, 0) is 128 Å². The van der Waals surface area contributed by atoms with Gasteiger partial charge in [0.05, 0.1) is 16.7 Å². The summed E-state index contributed by atoms with van der Waals surface area (Å²) in [7, 11) is 0. The first-order chi connectivity index (χ1) is 25.0. The third-order valence-electron chi connectivity index (χ3n) is 10.2. The molecular formula is C47H44N4O. The summed E-state index contributed by atoms with van der Waals surface area (Å²) in [4.78, 5) is 9.80. The number of pyridine rings is 1.